The van der Waals surface area contributed by atoms with E-state index in [0.29, 0.717) is 5.92 Å². The van der Waals surface area contributed by atoms with Gasteiger partial charge in [0.05, 0.1) is 0 Å². The molecular formula is C24H32. The Bertz CT molecular complexity index is 739. The minimum Gasteiger partial charge on any atom is -0.0955 e. The van der Waals surface area contributed by atoms with E-state index < -0.39 is 0 Å². The Balaban J connectivity index is 2.69. The van der Waals surface area contributed by atoms with Gasteiger partial charge in [-0.3, -0.25) is 0 Å². The van der Waals surface area contributed by atoms with Crippen LogP contribution >= 0.6 is 0 Å². The van der Waals surface area contributed by atoms with Crippen molar-refractivity contribution in [2.24, 2.45) is 0 Å². The molecule has 0 aromatic heterocycles. The maximum absolute atomic E-state index is 4.10. The zero-order valence-corrected chi connectivity index (χ0v) is 16.5. The summed E-state index contributed by atoms with van der Waals surface area (Å²) in [4.78, 5) is 0. The molecule has 0 aliphatic rings. The zero-order valence-electron chi connectivity index (χ0n) is 16.5. The molecule has 0 amide bonds. The van der Waals surface area contributed by atoms with Gasteiger partial charge in [-0.25, -0.2) is 0 Å². The largest absolute Gasteiger partial charge is 0.0955 e. The second-order valence-electron chi connectivity index (χ2n) is 8.26. The Morgan fingerprint density at radius 2 is 1.71 bits per heavy atom. The lowest BCUT2D eigenvalue weighted by Crippen LogP contribution is -2.11. The predicted molar refractivity (Wildman–Crippen MR) is 109 cm³/mol. The number of hydrogen-bond donors (Lipinski definition) is 0. The monoisotopic (exact) mass is 320 g/mol. The predicted octanol–water partition coefficient (Wildman–Crippen LogP) is 7.37. The zero-order chi connectivity index (χ0) is 18.1. The average molecular weight is 321 g/mol. The van der Waals surface area contributed by atoms with Gasteiger partial charge in [0.15, 0.2) is 0 Å². The molecule has 24 heavy (non-hydrogen) atoms. The molecule has 0 aliphatic carbocycles. The van der Waals surface area contributed by atoms with Crippen molar-refractivity contribution in [3.8, 4) is 11.1 Å². The molecule has 0 fully saturated rings. The van der Waals surface area contributed by atoms with Crippen LogP contribution in [0.2, 0.25) is 0 Å². The molecule has 2 aromatic carbocycles. The first-order chi connectivity index (χ1) is 11.1. The van der Waals surface area contributed by atoms with Gasteiger partial charge in [-0.2, -0.15) is 0 Å². The highest BCUT2D eigenvalue weighted by Crippen LogP contribution is 2.35. The van der Waals surface area contributed by atoms with Gasteiger partial charge < -0.3 is 0 Å². The molecule has 0 unspecified atom stereocenters. The third-order valence-corrected chi connectivity index (χ3v) is 4.74. The van der Waals surface area contributed by atoms with Gasteiger partial charge in [0.1, 0.15) is 0 Å². The first kappa shape index (κ1) is 18.5. The number of allylic oxidation sites excluding steroid dienone is 1. The molecule has 0 spiro atoms. The van der Waals surface area contributed by atoms with Crippen molar-refractivity contribution in [1.82, 2.24) is 0 Å². The maximum atomic E-state index is 4.10. The lowest BCUT2D eigenvalue weighted by molar-refractivity contribution is 0.589. The summed E-state index contributed by atoms with van der Waals surface area (Å²) in [6.07, 6.45) is 1.07. The van der Waals surface area contributed by atoms with Gasteiger partial charge in [-0.1, -0.05) is 90.1 Å². The molecule has 0 saturated carbocycles. The molecular weight excluding hydrogens is 288 g/mol. The lowest BCUT2D eigenvalue weighted by Gasteiger charge is -2.23. The van der Waals surface area contributed by atoms with E-state index in [-0.39, 0.29) is 5.41 Å². The van der Waals surface area contributed by atoms with E-state index in [1.165, 1.54) is 33.4 Å². The highest BCUT2D eigenvalue weighted by atomic mass is 14.2. The second kappa shape index (κ2) is 6.97. The van der Waals surface area contributed by atoms with E-state index >= 15 is 0 Å². The quantitative estimate of drug-likeness (QED) is 0.551. The minimum absolute atomic E-state index is 0.162. The Kier molecular flexibility index (Phi) is 5.38. The van der Waals surface area contributed by atoms with Crippen LogP contribution in [0.15, 0.2) is 43.0 Å². The van der Waals surface area contributed by atoms with Gasteiger partial charge in [0.25, 0.3) is 0 Å². The Labute approximate surface area is 148 Å². The molecule has 0 aliphatic heterocycles. The first-order valence-electron chi connectivity index (χ1n) is 9.08. The summed E-state index contributed by atoms with van der Waals surface area (Å²) in [5.41, 5.74) is 9.46. The Morgan fingerprint density at radius 1 is 1.04 bits per heavy atom. The average Bonchev–Trinajstić information content (AvgIpc) is 2.52. The van der Waals surface area contributed by atoms with Crippen molar-refractivity contribution >= 4 is 5.57 Å². The summed E-state index contributed by atoms with van der Waals surface area (Å²) in [6, 6.07) is 13.9. The molecule has 0 radical (unpaired) electrons. The second-order valence-corrected chi connectivity index (χ2v) is 8.26. The normalized spacial score (nSPS) is 11.8. The highest BCUT2D eigenvalue weighted by molar-refractivity contribution is 5.73. The van der Waals surface area contributed by atoms with Gasteiger partial charge in [0.2, 0.25) is 0 Å². The van der Waals surface area contributed by atoms with Crippen LogP contribution in [-0.4, -0.2) is 0 Å². The van der Waals surface area contributed by atoms with Crippen molar-refractivity contribution in [2.75, 3.05) is 0 Å². The molecule has 2 rings (SSSR count). The first-order valence-corrected chi connectivity index (χ1v) is 9.08. The van der Waals surface area contributed by atoms with Crippen LogP contribution in [0.25, 0.3) is 16.7 Å². The van der Waals surface area contributed by atoms with E-state index in [9.17, 15) is 0 Å². The van der Waals surface area contributed by atoms with Crippen LogP contribution in [0.3, 0.4) is 0 Å². The Morgan fingerprint density at radius 3 is 2.21 bits per heavy atom. The molecule has 0 atom stereocenters. The number of hydrogen-bond acceptors (Lipinski definition) is 0. The lowest BCUT2D eigenvalue weighted by atomic mass is 9.82. The van der Waals surface area contributed by atoms with Crippen LogP contribution in [0.1, 0.15) is 76.6 Å². The van der Waals surface area contributed by atoms with Crippen molar-refractivity contribution in [3.63, 3.8) is 0 Å². The summed E-state index contributed by atoms with van der Waals surface area (Å²) >= 11 is 0. The topological polar surface area (TPSA) is 0 Å². The third kappa shape index (κ3) is 3.98. The van der Waals surface area contributed by atoms with Gasteiger partial charge in [0, 0.05) is 0 Å². The van der Waals surface area contributed by atoms with E-state index in [0.717, 1.165) is 12.0 Å². The summed E-state index contributed by atoms with van der Waals surface area (Å²) in [5, 5.41) is 0. The maximum Gasteiger partial charge on any atom is -0.0132 e. The molecule has 0 N–H and O–H groups in total. The SMILES string of the molecule is C=C(C)c1ccc(-c2cc(CC)cc(C(C)(C)C)c2)c(C(C)C)c1. The number of benzene rings is 2. The highest BCUT2D eigenvalue weighted by Gasteiger charge is 2.17. The molecule has 0 nitrogen and oxygen atoms in total. The van der Waals surface area contributed by atoms with Crippen LogP contribution in [0.4, 0.5) is 0 Å². The fraction of sp³-hybridized carbons (Fsp3) is 0.417. The van der Waals surface area contributed by atoms with Crippen LogP contribution in [-0.2, 0) is 11.8 Å². The molecule has 0 saturated heterocycles. The van der Waals surface area contributed by atoms with Crippen LogP contribution in [0.5, 0.6) is 0 Å². The van der Waals surface area contributed by atoms with Crippen LogP contribution in [0, 0.1) is 0 Å². The van der Waals surface area contributed by atoms with Crippen LogP contribution < -0.4 is 0 Å². The molecule has 0 heteroatoms. The molecule has 0 bridgehead atoms. The van der Waals surface area contributed by atoms with Crippen molar-refractivity contribution < 1.29 is 0 Å². The van der Waals surface area contributed by atoms with Crippen molar-refractivity contribution in [3.05, 3.63) is 65.2 Å². The van der Waals surface area contributed by atoms with E-state index in [1.54, 1.807) is 0 Å². The third-order valence-electron chi connectivity index (χ3n) is 4.74. The summed E-state index contributed by atoms with van der Waals surface area (Å²) in [5.74, 6) is 0.489. The summed E-state index contributed by atoms with van der Waals surface area (Å²) in [7, 11) is 0. The Hall–Kier alpha value is -1.82. The standard InChI is InChI=1S/C24H32/c1-9-18-12-20(14-21(13-18)24(6,7)8)22-11-10-19(16(2)3)15-23(22)17(4)5/h10-15,17H,2,9H2,1,3-8H3. The van der Waals surface area contributed by atoms with E-state index in [4.69, 9.17) is 0 Å². The van der Waals surface area contributed by atoms with Gasteiger partial charge in [-0.15, -0.1) is 0 Å². The van der Waals surface area contributed by atoms with Gasteiger partial charge in [-0.05, 0) is 58.1 Å². The summed E-state index contributed by atoms with van der Waals surface area (Å²) < 4.78 is 0. The minimum atomic E-state index is 0.162. The fourth-order valence-corrected chi connectivity index (χ4v) is 3.05. The smallest absolute Gasteiger partial charge is 0.0132 e. The fourth-order valence-electron chi connectivity index (χ4n) is 3.05. The number of rotatable bonds is 4. The molecule has 0 heterocycles. The van der Waals surface area contributed by atoms with E-state index in [2.05, 4.69) is 91.4 Å². The number of aryl methyl sites for hydroxylation is 1. The van der Waals surface area contributed by atoms with Gasteiger partial charge >= 0.3 is 0 Å². The van der Waals surface area contributed by atoms with Crippen molar-refractivity contribution in [2.45, 2.75) is 66.2 Å². The van der Waals surface area contributed by atoms with E-state index in [1.807, 2.05) is 0 Å². The molecule has 128 valence electrons. The van der Waals surface area contributed by atoms with Crippen molar-refractivity contribution in [1.29, 1.82) is 0 Å². The molecule has 2 aromatic rings. The summed E-state index contributed by atoms with van der Waals surface area (Å²) in [6.45, 7) is 19.8.